The number of nitrogens with one attached hydrogen (secondary N) is 1. The Kier molecular flexibility index (Phi) is 7.10. The first-order valence-electron chi connectivity index (χ1n) is 8.97. The summed E-state index contributed by atoms with van der Waals surface area (Å²) in [4.78, 5) is 12.3. The number of hydrogen-bond donors (Lipinski definition) is 2. The number of carbonyl (C=O) groups excluding carboxylic acids is 1. The van der Waals surface area contributed by atoms with Gasteiger partial charge in [0.2, 0.25) is 0 Å². The normalized spacial score (nSPS) is 16.0. The molecule has 3 N–H and O–H groups in total. The zero-order valence-electron chi connectivity index (χ0n) is 14.5. The lowest BCUT2D eigenvalue weighted by atomic mass is 10.0. The van der Waals surface area contributed by atoms with Crippen LogP contribution in [0.3, 0.4) is 0 Å². The predicted octanol–water partition coefficient (Wildman–Crippen LogP) is 4.36. The number of carbonyl (C=O) groups is 1. The van der Waals surface area contributed by atoms with Crippen LogP contribution in [0.25, 0.3) is 0 Å². The fourth-order valence-electron chi connectivity index (χ4n) is 2.87. The number of unbranched alkanes of at least 4 members (excludes halogenated alkanes) is 5. The largest absolute Gasteiger partial charge is 0.384 e. The molecule has 2 rings (SSSR count). The van der Waals surface area contributed by atoms with Crippen molar-refractivity contribution in [2.75, 3.05) is 0 Å². The van der Waals surface area contributed by atoms with E-state index < -0.39 is 5.54 Å². The van der Waals surface area contributed by atoms with Crippen LogP contribution >= 0.6 is 11.8 Å². The standard InChI is InChI=1S/C19H28ClN3O/c1-2-3-4-5-6-7-8-15-9-11-16(12-10-15)17(24)22-19(13-14-19)18(21)23-20/h9-12H,2-8,13-14H2,1H3,(H2,21,23)(H,22,24). The molecule has 1 fully saturated rings. The first-order valence-corrected chi connectivity index (χ1v) is 9.31. The van der Waals surface area contributed by atoms with Gasteiger partial charge < -0.3 is 11.1 Å². The van der Waals surface area contributed by atoms with Gasteiger partial charge in [-0.3, -0.25) is 4.79 Å². The molecule has 0 radical (unpaired) electrons. The number of amides is 1. The molecule has 1 aliphatic rings. The number of aryl methyl sites for hydroxylation is 1. The molecule has 0 spiro atoms. The van der Waals surface area contributed by atoms with E-state index in [-0.39, 0.29) is 11.7 Å². The third kappa shape index (κ3) is 5.23. The average molecular weight is 350 g/mol. The van der Waals surface area contributed by atoms with Gasteiger partial charge in [-0.1, -0.05) is 51.2 Å². The summed E-state index contributed by atoms with van der Waals surface area (Å²) in [5, 5.41) is 2.95. The van der Waals surface area contributed by atoms with Gasteiger partial charge in [-0.25, -0.2) is 0 Å². The molecule has 0 atom stereocenters. The minimum absolute atomic E-state index is 0.123. The van der Waals surface area contributed by atoms with E-state index in [0.717, 1.165) is 19.3 Å². The molecule has 1 saturated carbocycles. The Morgan fingerprint density at radius 1 is 1.17 bits per heavy atom. The first-order chi connectivity index (χ1) is 11.6. The van der Waals surface area contributed by atoms with Gasteiger partial charge in [-0.2, -0.15) is 4.51 Å². The maximum Gasteiger partial charge on any atom is 0.252 e. The molecule has 0 aliphatic heterocycles. The molecule has 1 aliphatic carbocycles. The Morgan fingerprint density at radius 2 is 1.79 bits per heavy atom. The van der Waals surface area contributed by atoms with Crippen LogP contribution in [0.4, 0.5) is 0 Å². The number of benzene rings is 1. The minimum Gasteiger partial charge on any atom is -0.384 e. The Bertz CT molecular complexity index is 564. The molecular formula is C19H28ClN3O. The van der Waals surface area contributed by atoms with E-state index in [4.69, 9.17) is 17.5 Å². The van der Waals surface area contributed by atoms with Crippen molar-refractivity contribution in [1.29, 1.82) is 0 Å². The first kappa shape index (κ1) is 18.8. The van der Waals surface area contributed by atoms with E-state index >= 15 is 0 Å². The summed E-state index contributed by atoms with van der Waals surface area (Å²) >= 11 is 5.43. The molecular weight excluding hydrogens is 322 g/mol. The molecule has 0 saturated heterocycles. The van der Waals surface area contributed by atoms with Crippen molar-refractivity contribution in [1.82, 2.24) is 5.32 Å². The van der Waals surface area contributed by atoms with E-state index in [1.165, 1.54) is 44.1 Å². The quantitative estimate of drug-likeness (QED) is 0.374. The molecule has 0 unspecified atom stereocenters. The third-order valence-corrected chi connectivity index (χ3v) is 4.90. The molecule has 4 nitrogen and oxygen atoms in total. The highest BCUT2D eigenvalue weighted by Gasteiger charge is 2.48. The third-order valence-electron chi connectivity index (χ3n) is 4.72. The number of nitrogens with two attached hydrogens (primary N) is 1. The van der Waals surface area contributed by atoms with Crippen LogP contribution in [0.5, 0.6) is 0 Å². The summed E-state index contributed by atoms with van der Waals surface area (Å²) in [5.74, 6) is 0.166. The van der Waals surface area contributed by atoms with Crippen LogP contribution in [-0.2, 0) is 6.42 Å². The fraction of sp³-hybridized carbons (Fsp3) is 0.579. The van der Waals surface area contributed by atoms with Gasteiger partial charge in [0.15, 0.2) is 0 Å². The molecule has 0 heterocycles. The van der Waals surface area contributed by atoms with Crippen molar-refractivity contribution in [3.63, 3.8) is 0 Å². The number of nitrogens with zero attached hydrogens (tertiary/aromatic N) is 1. The van der Waals surface area contributed by atoms with Crippen LogP contribution in [0.15, 0.2) is 28.8 Å². The zero-order chi connectivity index (χ0) is 17.4. The zero-order valence-corrected chi connectivity index (χ0v) is 15.2. The molecule has 5 heteroatoms. The number of halogens is 1. The molecule has 0 bridgehead atoms. The van der Waals surface area contributed by atoms with Crippen molar-refractivity contribution in [3.8, 4) is 0 Å². The van der Waals surface area contributed by atoms with Gasteiger partial charge in [0, 0.05) is 17.3 Å². The topological polar surface area (TPSA) is 67.5 Å². The lowest BCUT2D eigenvalue weighted by Crippen LogP contribution is -2.46. The maximum atomic E-state index is 12.3. The van der Waals surface area contributed by atoms with Crippen molar-refractivity contribution in [2.24, 2.45) is 10.2 Å². The number of rotatable bonds is 10. The highest BCUT2D eigenvalue weighted by molar-refractivity contribution is 6.21. The Hall–Kier alpha value is -1.55. The van der Waals surface area contributed by atoms with Crippen LogP contribution in [0, 0.1) is 0 Å². The van der Waals surface area contributed by atoms with Crippen molar-refractivity contribution in [3.05, 3.63) is 35.4 Å². The molecule has 132 valence electrons. The van der Waals surface area contributed by atoms with Gasteiger partial charge >= 0.3 is 0 Å². The molecule has 0 aromatic heterocycles. The Labute approximate surface area is 150 Å². The number of hydrogen-bond acceptors (Lipinski definition) is 2. The second kappa shape index (κ2) is 9.07. The van der Waals surface area contributed by atoms with Gasteiger partial charge in [0.05, 0.1) is 5.54 Å². The van der Waals surface area contributed by atoms with Crippen LogP contribution in [0.1, 0.15) is 74.2 Å². The van der Waals surface area contributed by atoms with Gasteiger partial charge in [-0.05, 0) is 43.4 Å². The number of amidine groups is 1. The maximum absolute atomic E-state index is 12.3. The SMILES string of the molecule is CCCCCCCCc1ccc(C(=O)NC2(/C(N)=N/Cl)CC2)cc1. The van der Waals surface area contributed by atoms with E-state index in [1.54, 1.807) is 0 Å². The Morgan fingerprint density at radius 3 is 2.38 bits per heavy atom. The van der Waals surface area contributed by atoms with Gasteiger partial charge in [-0.15, -0.1) is 0 Å². The molecule has 24 heavy (non-hydrogen) atoms. The fourth-order valence-corrected chi connectivity index (χ4v) is 3.03. The summed E-state index contributed by atoms with van der Waals surface area (Å²) < 4.78 is 3.50. The molecule has 1 amide bonds. The summed E-state index contributed by atoms with van der Waals surface area (Å²) in [6.45, 7) is 2.24. The van der Waals surface area contributed by atoms with E-state index in [2.05, 4.69) is 16.8 Å². The smallest absolute Gasteiger partial charge is 0.252 e. The Balaban J connectivity index is 1.78. The highest BCUT2D eigenvalue weighted by Crippen LogP contribution is 2.36. The predicted molar refractivity (Wildman–Crippen MR) is 100 cm³/mol. The summed E-state index contributed by atoms with van der Waals surface area (Å²) in [6.07, 6.45) is 10.4. The van der Waals surface area contributed by atoms with Crippen LogP contribution in [0.2, 0.25) is 0 Å². The van der Waals surface area contributed by atoms with E-state index in [0.29, 0.717) is 5.56 Å². The summed E-state index contributed by atoms with van der Waals surface area (Å²) in [6, 6.07) is 7.84. The van der Waals surface area contributed by atoms with Crippen LogP contribution in [-0.4, -0.2) is 17.3 Å². The van der Waals surface area contributed by atoms with Crippen molar-refractivity contribution < 1.29 is 4.79 Å². The van der Waals surface area contributed by atoms with E-state index in [1.807, 2.05) is 24.3 Å². The monoisotopic (exact) mass is 349 g/mol. The van der Waals surface area contributed by atoms with Gasteiger partial charge in [0.1, 0.15) is 5.84 Å². The average Bonchev–Trinajstić information content (AvgIpc) is 3.38. The molecule has 1 aromatic rings. The lowest BCUT2D eigenvalue weighted by Gasteiger charge is -2.16. The van der Waals surface area contributed by atoms with Crippen molar-refractivity contribution in [2.45, 2.75) is 70.3 Å². The highest BCUT2D eigenvalue weighted by atomic mass is 35.5. The molecule has 1 aromatic carbocycles. The van der Waals surface area contributed by atoms with E-state index in [9.17, 15) is 4.79 Å². The summed E-state index contributed by atoms with van der Waals surface area (Å²) in [7, 11) is 0. The lowest BCUT2D eigenvalue weighted by molar-refractivity contribution is 0.0943. The minimum atomic E-state index is -0.532. The second-order valence-corrected chi connectivity index (χ2v) is 6.89. The summed E-state index contributed by atoms with van der Waals surface area (Å²) in [5.41, 5.74) is 7.16. The second-order valence-electron chi connectivity index (χ2n) is 6.72. The van der Waals surface area contributed by atoms with Crippen LogP contribution < -0.4 is 11.1 Å². The van der Waals surface area contributed by atoms with Gasteiger partial charge in [0.25, 0.3) is 5.91 Å². The van der Waals surface area contributed by atoms with Crippen molar-refractivity contribution >= 4 is 23.5 Å².